The van der Waals surface area contributed by atoms with E-state index in [9.17, 15) is 15.2 Å². The predicted octanol–water partition coefficient (Wildman–Crippen LogP) is 3.58. The van der Waals surface area contributed by atoms with Crippen molar-refractivity contribution in [1.82, 2.24) is 4.98 Å². The molecule has 0 aliphatic carbocycles. The van der Waals surface area contributed by atoms with Crippen LogP contribution in [0.1, 0.15) is 16.8 Å². The summed E-state index contributed by atoms with van der Waals surface area (Å²) in [7, 11) is 0. The summed E-state index contributed by atoms with van der Waals surface area (Å²) < 4.78 is 0. The van der Waals surface area contributed by atoms with Crippen molar-refractivity contribution >= 4 is 28.5 Å². The van der Waals surface area contributed by atoms with Crippen molar-refractivity contribution in [2.75, 3.05) is 0 Å². The van der Waals surface area contributed by atoms with Gasteiger partial charge in [0.25, 0.3) is 5.69 Å². The van der Waals surface area contributed by atoms with Crippen LogP contribution >= 0.6 is 0 Å². The highest BCUT2D eigenvalue weighted by molar-refractivity contribution is 5.95. The summed E-state index contributed by atoms with van der Waals surface area (Å²) in [5.74, 6) is -0.646. The van der Waals surface area contributed by atoms with E-state index in [1.54, 1.807) is 6.07 Å². The normalized spacial score (nSPS) is 11.2. The van der Waals surface area contributed by atoms with Crippen molar-refractivity contribution in [3.8, 4) is 5.75 Å². The zero-order chi connectivity index (χ0) is 17.3. The summed E-state index contributed by atoms with van der Waals surface area (Å²) in [4.78, 5) is 19.0. The lowest BCUT2D eigenvalue weighted by Gasteiger charge is -2.10. The highest BCUT2D eigenvalue weighted by Crippen LogP contribution is 2.29. The number of pyridine rings is 1. The zero-order valence-electron chi connectivity index (χ0n) is 13.2. The third kappa shape index (κ3) is 2.81. The molecule has 0 saturated carbocycles. The number of hydrogen-bond acceptors (Lipinski definition) is 5. The van der Waals surface area contributed by atoms with Crippen LogP contribution in [0.25, 0.3) is 10.9 Å². The van der Waals surface area contributed by atoms with Crippen molar-refractivity contribution in [3.05, 3.63) is 69.4 Å². The Labute approximate surface area is 138 Å². The Bertz CT molecular complexity index is 981. The van der Waals surface area contributed by atoms with Crippen molar-refractivity contribution in [3.63, 3.8) is 0 Å². The fraction of sp³-hybridized carbons (Fsp3) is 0.111. The van der Waals surface area contributed by atoms with Gasteiger partial charge in [-0.05, 0) is 42.9 Å². The van der Waals surface area contributed by atoms with Gasteiger partial charge < -0.3 is 5.11 Å². The van der Waals surface area contributed by atoms with Crippen molar-refractivity contribution in [1.29, 1.82) is 0 Å². The lowest BCUT2D eigenvalue weighted by molar-refractivity contribution is -0.398. The Hall–Kier alpha value is -3.28. The Morgan fingerprint density at radius 2 is 1.92 bits per heavy atom. The van der Waals surface area contributed by atoms with Crippen LogP contribution in [0.2, 0.25) is 0 Å². The summed E-state index contributed by atoms with van der Waals surface area (Å²) >= 11 is 0. The van der Waals surface area contributed by atoms with Crippen LogP contribution in [0.4, 0.5) is 11.4 Å². The number of rotatable bonds is 3. The number of aryl methyl sites for hydroxylation is 2. The standard InChI is InChI=1S/C18H15N3O3/c1-11-9-12(2)20-17-14(11)6-4-7-15(17)19-10-13-5-3-8-16(18(13)22)21(23)24/h3-10,22H,1-2H3/p-1. The molecular formula is C18H14N3O3-. The Balaban J connectivity index is 2.09. The highest BCUT2D eigenvalue weighted by atomic mass is 16.6. The molecule has 0 radical (unpaired) electrons. The maximum absolute atomic E-state index is 12.1. The lowest BCUT2D eigenvalue weighted by Crippen LogP contribution is -2.01. The van der Waals surface area contributed by atoms with E-state index in [0.29, 0.717) is 5.69 Å². The number of hydrogen-bond donors (Lipinski definition) is 0. The molecular weight excluding hydrogens is 306 g/mol. The summed E-state index contributed by atoms with van der Waals surface area (Å²) in [6.45, 7) is 3.91. The first-order valence-corrected chi connectivity index (χ1v) is 7.33. The number of para-hydroxylation sites is 2. The molecule has 0 aliphatic rings. The molecule has 0 N–H and O–H groups in total. The first-order chi connectivity index (χ1) is 11.5. The van der Waals surface area contributed by atoms with E-state index < -0.39 is 16.4 Å². The molecule has 120 valence electrons. The van der Waals surface area contributed by atoms with Crippen molar-refractivity contribution in [2.24, 2.45) is 4.99 Å². The molecule has 0 atom stereocenters. The number of nitro benzene ring substituents is 1. The molecule has 0 fully saturated rings. The van der Waals surface area contributed by atoms with Gasteiger partial charge in [0.2, 0.25) is 0 Å². The van der Waals surface area contributed by atoms with E-state index in [2.05, 4.69) is 9.98 Å². The molecule has 0 unspecified atom stereocenters. The van der Waals surface area contributed by atoms with Gasteiger partial charge >= 0.3 is 0 Å². The molecule has 6 heteroatoms. The van der Waals surface area contributed by atoms with E-state index >= 15 is 0 Å². The SMILES string of the molecule is Cc1cc(C)c2cccc(N=Cc3cccc([N+](=O)[O-])c3[O-])c2n1. The quantitative estimate of drug-likeness (QED) is 0.419. The Morgan fingerprint density at radius 1 is 1.17 bits per heavy atom. The topological polar surface area (TPSA) is 91.5 Å². The summed E-state index contributed by atoms with van der Waals surface area (Å²) in [6, 6.07) is 11.8. The average molecular weight is 320 g/mol. The molecule has 0 bridgehead atoms. The van der Waals surface area contributed by atoms with Gasteiger partial charge in [0, 0.05) is 23.4 Å². The summed E-state index contributed by atoms with van der Waals surface area (Å²) in [5, 5.41) is 23.9. The largest absolute Gasteiger partial charge is 0.867 e. The predicted molar refractivity (Wildman–Crippen MR) is 91.0 cm³/mol. The second-order valence-corrected chi connectivity index (χ2v) is 5.46. The summed E-state index contributed by atoms with van der Waals surface area (Å²) in [5.41, 5.74) is 3.04. The van der Waals surface area contributed by atoms with Gasteiger partial charge in [-0.15, -0.1) is 0 Å². The van der Waals surface area contributed by atoms with Crippen LogP contribution in [0.5, 0.6) is 5.75 Å². The van der Waals surface area contributed by atoms with Crippen molar-refractivity contribution < 1.29 is 10.0 Å². The highest BCUT2D eigenvalue weighted by Gasteiger charge is 2.09. The van der Waals surface area contributed by atoms with E-state index in [1.807, 2.05) is 32.0 Å². The second kappa shape index (κ2) is 6.08. The average Bonchev–Trinajstić information content (AvgIpc) is 2.53. The fourth-order valence-electron chi connectivity index (χ4n) is 2.60. The monoisotopic (exact) mass is 320 g/mol. The molecule has 1 heterocycles. The Morgan fingerprint density at radius 3 is 2.67 bits per heavy atom. The second-order valence-electron chi connectivity index (χ2n) is 5.46. The van der Waals surface area contributed by atoms with Gasteiger partial charge in [-0.2, -0.15) is 0 Å². The number of nitrogens with zero attached hydrogens (tertiary/aromatic N) is 3. The minimum atomic E-state index is -0.689. The van der Waals surface area contributed by atoms with Crippen LogP contribution in [0.3, 0.4) is 0 Å². The van der Waals surface area contributed by atoms with E-state index in [-0.39, 0.29) is 5.56 Å². The molecule has 1 aromatic heterocycles. The molecule has 0 aliphatic heterocycles. The van der Waals surface area contributed by atoms with E-state index in [4.69, 9.17) is 0 Å². The molecule has 3 aromatic rings. The number of fused-ring (bicyclic) bond motifs is 1. The summed E-state index contributed by atoms with van der Waals surface area (Å²) in [6.07, 6.45) is 1.35. The molecule has 0 spiro atoms. The van der Waals surface area contributed by atoms with Crippen LogP contribution in [-0.4, -0.2) is 16.1 Å². The van der Waals surface area contributed by atoms with Crippen LogP contribution in [0, 0.1) is 24.0 Å². The van der Waals surface area contributed by atoms with Crippen LogP contribution in [0.15, 0.2) is 47.5 Å². The van der Waals surface area contributed by atoms with Crippen LogP contribution in [-0.2, 0) is 0 Å². The molecule has 0 amide bonds. The molecule has 2 aromatic carbocycles. The number of aliphatic imine (C=N–C) groups is 1. The number of benzene rings is 2. The minimum absolute atomic E-state index is 0.172. The number of nitro groups is 1. The van der Waals surface area contributed by atoms with Gasteiger partial charge in [0.05, 0.1) is 16.1 Å². The van der Waals surface area contributed by atoms with E-state index in [1.165, 1.54) is 24.4 Å². The van der Waals surface area contributed by atoms with Gasteiger partial charge in [-0.1, -0.05) is 24.3 Å². The minimum Gasteiger partial charge on any atom is -0.867 e. The maximum Gasteiger partial charge on any atom is 0.262 e. The van der Waals surface area contributed by atoms with Crippen LogP contribution < -0.4 is 5.11 Å². The molecule has 24 heavy (non-hydrogen) atoms. The molecule has 6 nitrogen and oxygen atoms in total. The fourth-order valence-corrected chi connectivity index (χ4v) is 2.60. The number of aromatic nitrogens is 1. The third-order valence-electron chi connectivity index (χ3n) is 3.72. The Kier molecular flexibility index (Phi) is 3.95. The van der Waals surface area contributed by atoms with Gasteiger partial charge in [0.1, 0.15) is 0 Å². The first kappa shape index (κ1) is 15.6. The smallest absolute Gasteiger partial charge is 0.262 e. The van der Waals surface area contributed by atoms with Crippen molar-refractivity contribution in [2.45, 2.75) is 13.8 Å². The lowest BCUT2D eigenvalue weighted by atomic mass is 10.1. The molecule has 3 rings (SSSR count). The van der Waals surface area contributed by atoms with Gasteiger partial charge in [-0.25, -0.2) is 0 Å². The first-order valence-electron chi connectivity index (χ1n) is 7.33. The maximum atomic E-state index is 12.1. The zero-order valence-corrected chi connectivity index (χ0v) is 13.2. The third-order valence-corrected chi connectivity index (χ3v) is 3.72. The van der Waals surface area contributed by atoms with Gasteiger partial charge in [-0.3, -0.25) is 20.1 Å². The van der Waals surface area contributed by atoms with E-state index in [0.717, 1.165) is 22.2 Å². The molecule has 0 saturated heterocycles. The van der Waals surface area contributed by atoms with Gasteiger partial charge in [0.15, 0.2) is 0 Å².